The molecular formula is C23H20F3N7O5S. The molecule has 0 aliphatic heterocycles. The van der Waals surface area contributed by atoms with E-state index in [1.54, 1.807) is 22.9 Å². The molecule has 0 spiro atoms. The van der Waals surface area contributed by atoms with E-state index in [0.717, 1.165) is 33.1 Å². The number of rotatable bonds is 7. The number of thiol groups is 1. The average molecular weight is 564 g/mol. The smallest absolute Gasteiger partial charge is 0.435 e. The maximum Gasteiger partial charge on any atom is 0.435 e. The Labute approximate surface area is 220 Å². The first kappa shape index (κ1) is 27.3. The molecular weight excluding hydrogens is 543 g/mol. The van der Waals surface area contributed by atoms with Crippen molar-refractivity contribution < 1.29 is 31.1 Å². The molecule has 0 radical (unpaired) electrons. The van der Waals surface area contributed by atoms with Gasteiger partial charge in [-0.1, -0.05) is 0 Å². The monoisotopic (exact) mass is 563 g/mol. The van der Waals surface area contributed by atoms with E-state index in [1.165, 1.54) is 26.6 Å². The average Bonchev–Trinajstić information content (AvgIpc) is 3.36. The number of pyridine rings is 1. The van der Waals surface area contributed by atoms with Crippen LogP contribution >= 0.6 is 0 Å². The van der Waals surface area contributed by atoms with Crippen LogP contribution in [0.5, 0.6) is 5.75 Å². The number of nitrogens with zero attached hydrogens (tertiary/aromatic N) is 5. The number of benzene rings is 1. The van der Waals surface area contributed by atoms with E-state index in [1.807, 2.05) is 6.92 Å². The van der Waals surface area contributed by atoms with E-state index in [0.29, 0.717) is 11.4 Å². The predicted octanol–water partition coefficient (Wildman–Crippen LogP) is 2.36. The molecule has 0 aliphatic rings. The number of hydrogen-bond acceptors (Lipinski definition) is 9. The number of carbonyl (C=O) groups is 1. The lowest BCUT2D eigenvalue weighted by Crippen LogP contribution is -2.31. The number of amides is 1. The highest BCUT2D eigenvalue weighted by atomic mass is 32.2. The molecule has 3 aromatic heterocycles. The molecule has 0 saturated carbocycles. The van der Waals surface area contributed by atoms with Gasteiger partial charge in [0.2, 0.25) is 16.8 Å². The number of carbonyl (C=O) groups excluding carboxylic acids is 1. The molecule has 1 aromatic carbocycles. The number of aromatic nitrogens is 5. The van der Waals surface area contributed by atoms with Crippen molar-refractivity contribution in [2.75, 3.05) is 12.4 Å². The van der Waals surface area contributed by atoms with Crippen LogP contribution in [0.1, 0.15) is 21.6 Å². The van der Waals surface area contributed by atoms with Crippen LogP contribution in [-0.4, -0.2) is 45.8 Å². The molecule has 0 bridgehead atoms. The third-order valence-corrected chi connectivity index (χ3v) is 5.73. The standard InChI is InChI=1S/C23H20F3N7O5S/c1-12-6-14(9-15(7-12)38-3)28-22-27-10-17(19(29-22)33-5-4-18(30-33)23(24,25)26)13-8-16(20(34)31-39(36)37)21(35)32(2)11-13/h4-11,39H,1-3H3,(H,27,28,29)(H,31,34,36,37). The molecule has 0 unspecified atom stereocenters. The van der Waals surface area contributed by atoms with Crippen LogP contribution in [0.25, 0.3) is 16.9 Å². The van der Waals surface area contributed by atoms with Gasteiger partial charge in [-0.15, -0.1) is 0 Å². The fraction of sp³-hybridized carbons (Fsp3) is 0.174. The minimum Gasteiger partial charge on any atom is -0.497 e. The topological polar surface area (TPSA) is 150 Å². The Balaban J connectivity index is 1.88. The lowest BCUT2D eigenvalue weighted by Gasteiger charge is -2.14. The number of aryl methyl sites for hydroxylation is 2. The zero-order valence-electron chi connectivity index (χ0n) is 20.5. The van der Waals surface area contributed by atoms with Crippen LogP contribution in [0.2, 0.25) is 0 Å². The normalized spacial score (nSPS) is 11.5. The number of alkyl halides is 3. The Bertz CT molecular complexity index is 1710. The van der Waals surface area contributed by atoms with Gasteiger partial charge in [-0.05, 0) is 36.8 Å². The summed E-state index contributed by atoms with van der Waals surface area (Å²) in [5, 5.41) is 6.56. The van der Waals surface area contributed by atoms with Crippen LogP contribution in [0.15, 0.2) is 53.7 Å². The van der Waals surface area contributed by atoms with Crippen LogP contribution < -0.4 is 20.3 Å². The number of ether oxygens (including phenoxy) is 1. The van der Waals surface area contributed by atoms with Crippen molar-refractivity contribution in [2.45, 2.75) is 13.1 Å². The second-order valence-electron chi connectivity index (χ2n) is 8.19. The SMILES string of the molecule is COc1cc(C)cc(Nc2ncc(-c3cc(C(=O)N[SH](=O)=O)c(=O)n(C)c3)c(-n3ccc(C(F)(F)F)n3)n2)c1. The molecule has 12 nitrogen and oxygen atoms in total. The van der Waals surface area contributed by atoms with Gasteiger partial charge in [0.25, 0.3) is 11.5 Å². The molecule has 204 valence electrons. The van der Waals surface area contributed by atoms with Gasteiger partial charge in [-0.25, -0.2) is 18.1 Å². The third kappa shape index (κ3) is 6.06. The van der Waals surface area contributed by atoms with E-state index in [9.17, 15) is 31.2 Å². The summed E-state index contributed by atoms with van der Waals surface area (Å²) < 4.78 is 70.6. The van der Waals surface area contributed by atoms with E-state index in [-0.39, 0.29) is 22.9 Å². The van der Waals surface area contributed by atoms with E-state index in [4.69, 9.17) is 4.74 Å². The molecule has 2 N–H and O–H groups in total. The molecule has 3 heterocycles. The first-order valence-electron chi connectivity index (χ1n) is 10.9. The van der Waals surface area contributed by atoms with E-state index in [2.05, 4.69) is 20.4 Å². The van der Waals surface area contributed by atoms with Crippen molar-refractivity contribution >= 4 is 28.4 Å². The van der Waals surface area contributed by atoms with Gasteiger partial charge in [-0.3, -0.25) is 14.3 Å². The van der Waals surface area contributed by atoms with Crippen molar-refractivity contribution in [1.29, 1.82) is 0 Å². The van der Waals surface area contributed by atoms with Crippen LogP contribution in [0, 0.1) is 6.92 Å². The molecule has 1 amide bonds. The molecule has 0 fully saturated rings. The van der Waals surface area contributed by atoms with Gasteiger partial charge < -0.3 is 14.6 Å². The zero-order valence-corrected chi connectivity index (χ0v) is 21.4. The minimum atomic E-state index is -4.73. The summed E-state index contributed by atoms with van der Waals surface area (Å²) in [6, 6.07) is 7.08. The molecule has 0 saturated heterocycles. The van der Waals surface area contributed by atoms with Gasteiger partial charge in [0, 0.05) is 48.5 Å². The molecule has 4 rings (SSSR count). The maximum absolute atomic E-state index is 13.3. The second-order valence-corrected chi connectivity index (χ2v) is 8.93. The van der Waals surface area contributed by atoms with Crippen molar-refractivity contribution in [3.8, 4) is 22.7 Å². The lowest BCUT2D eigenvalue weighted by atomic mass is 10.1. The summed E-state index contributed by atoms with van der Waals surface area (Å²) in [5.74, 6) is -0.757. The molecule has 0 aliphatic carbocycles. The summed E-state index contributed by atoms with van der Waals surface area (Å²) >= 11 is 0. The Kier molecular flexibility index (Phi) is 7.40. The lowest BCUT2D eigenvalue weighted by molar-refractivity contribution is -0.141. The minimum absolute atomic E-state index is 0.00315. The van der Waals surface area contributed by atoms with Crippen molar-refractivity contribution in [1.82, 2.24) is 29.0 Å². The molecule has 16 heteroatoms. The highest BCUT2D eigenvalue weighted by molar-refractivity contribution is 7.71. The van der Waals surface area contributed by atoms with E-state index < -0.39 is 39.8 Å². The number of hydrogen-bond donors (Lipinski definition) is 3. The molecule has 0 atom stereocenters. The quantitative estimate of drug-likeness (QED) is 0.288. The van der Waals surface area contributed by atoms with Crippen LogP contribution in [-0.2, 0) is 24.1 Å². The zero-order chi connectivity index (χ0) is 28.5. The first-order valence-corrected chi connectivity index (χ1v) is 12.1. The Hall–Kier alpha value is -4.73. The van der Waals surface area contributed by atoms with Gasteiger partial charge in [0.05, 0.1) is 7.11 Å². The summed E-state index contributed by atoms with van der Waals surface area (Å²) in [4.78, 5) is 33.4. The van der Waals surface area contributed by atoms with Gasteiger partial charge in [0.15, 0.2) is 11.5 Å². The van der Waals surface area contributed by atoms with E-state index >= 15 is 0 Å². The van der Waals surface area contributed by atoms with Gasteiger partial charge in [0.1, 0.15) is 11.3 Å². The van der Waals surface area contributed by atoms with Gasteiger partial charge in [-0.2, -0.15) is 23.3 Å². The fourth-order valence-electron chi connectivity index (χ4n) is 3.64. The van der Waals surface area contributed by atoms with Crippen LogP contribution in [0.4, 0.5) is 24.8 Å². The predicted molar refractivity (Wildman–Crippen MR) is 134 cm³/mol. The van der Waals surface area contributed by atoms with Crippen molar-refractivity contribution in [2.24, 2.45) is 7.05 Å². The number of anilines is 2. The third-order valence-electron chi connectivity index (χ3n) is 5.34. The summed E-state index contributed by atoms with van der Waals surface area (Å²) in [6.45, 7) is 1.84. The second kappa shape index (κ2) is 10.6. The number of nitrogens with one attached hydrogen (secondary N) is 2. The maximum atomic E-state index is 13.3. The Morgan fingerprint density at radius 2 is 1.90 bits per heavy atom. The molecule has 39 heavy (non-hydrogen) atoms. The summed E-state index contributed by atoms with van der Waals surface area (Å²) in [7, 11) is -0.534. The summed E-state index contributed by atoms with van der Waals surface area (Å²) in [6.07, 6.45) is -1.12. The largest absolute Gasteiger partial charge is 0.497 e. The number of methoxy groups -OCH3 is 1. The molecule has 4 aromatic rings. The van der Waals surface area contributed by atoms with Gasteiger partial charge >= 0.3 is 6.18 Å². The fourth-order valence-corrected chi connectivity index (χ4v) is 3.92. The van der Waals surface area contributed by atoms with Crippen molar-refractivity contribution in [3.63, 3.8) is 0 Å². The highest BCUT2D eigenvalue weighted by Crippen LogP contribution is 2.31. The van der Waals surface area contributed by atoms with Crippen LogP contribution in [0.3, 0.4) is 0 Å². The Morgan fingerprint density at radius 3 is 2.54 bits per heavy atom. The number of halogens is 3. The van der Waals surface area contributed by atoms with Crippen molar-refractivity contribution in [3.05, 3.63) is 76.1 Å². The highest BCUT2D eigenvalue weighted by Gasteiger charge is 2.34. The summed E-state index contributed by atoms with van der Waals surface area (Å²) in [5.41, 5.74) is -0.890. The first-order chi connectivity index (χ1) is 18.3. The Morgan fingerprint density at radius 1 is 1.15 bits per heavy atom.